The van der Waals surface area contributed by atoms with Crippen LogP contribution in [0, 0.1) is 5.92 Å². The van der Waals surface area contributed by atoms with E-state index in [0.717, 1.165) is 0 Å². The van der Waals surface area contributed by atoms with Crippen LogP contribution in [0.1, 0.15) is 30.6 Å². The molecule has 0 aliphatic carbocycles. The first-order chi connectivity index (χ1) is 11.9. The third-order valence-electron chi connectivity index (χ3n) is 4.06. The van der Waals surface area contributed by atoms with Crippen LogP contribution in [-0.4, -0.2) is 62.4 Å². The minimum atomic E-state index is -0.512. The average Bonchev–Trinajstić information content (AvgIpc) is 2.65. The van der Waals surface area contributed by atoms with Crippen molar-refractivity contribution in [1.82, 2.24) is 4.90 Å². The molecule has 0 spiro atoms. The molecule has 1 amide bonds. The molecule has 1 N–H and O–H groups in total. The highest BCUT2D eigenvalue weighted by atomic mass is 16.5. The first kappa shape index (κ1) is 20.8. The number of benzene rings is 1. The molecule has 2 atom stereocenters. The summed E-state index contributed by atoms with van der Waals surface area (Å²) in [6.45, 7) is 3.50. The number of aliphatic hydroxyl groups is 1. The molecule has 0 aliphatic heterocycles. The van der Waals surface area contributed by atoms with Gasteiger partial charge in [-0.2, -0.15) is 0 Å². The molecule has 0 heterocycles. The molecular weight excluding hydrogens is 326 g/mol. The Morgan fingerprint density at radius 3 is 2.08 bits per heavy atom. The van der Waals surface area contributed by atoms with E-state index in [1.807, 2.05) is 6.92 Å². The second kappa shape index (κ2) is 9.88. The standard InChI is InChI=1S/C18H27NO6/c1-6-14(11-20)19(10-12(2)18(22)25-5)17(21)13-7-15(23-3)9-16(8-13)24-4/h7-9,12,14,20H,6,10-11H2,1-5H3. The normalized spacial score (nSPS) is 12.9. The summed E-state index contributed by atoms with van der Waals surface area (Å²) in [5.74, 6) is -0.258. The number of methoxy groups -OCH3 is 3. The molecule has 140 valence electrons. The van der Waals surface area contributed by atoms with Gasteiger partial charge in [0, 0.05) is 18.2 Å². The molecule has 0 fully saturated rings. The van der Waals surface area contributed by atoms with Gasteiger partial charge in [0.05, 0.1) is 39.9 Å². The Kier molecular flexibility index (Phi) is 8.21. The Morgan fingerprint density at radius 2 is 1.68 bits per heavy atom. The molecule has 0 aromatic heterocycles. The highest BCUT2D eigenvalue weighted by Crippen LogP contribution is 2.24. The Balaban J connectivity index is 3.20. The van der Waals surface area contributed by atoms with E-state index in [2.05, 4.69) is 0 Å². The fraction of sp³-hybridized carbons (Fsp3) is 0.556. The van der Waals surface area contributed by atoms with Gasteiger partial charge in [-0.05, 0) is 18.6 Å². The number of nitrogens with zero attached hydrogens (tertiary/aromatic N) is 1. The molecule has 0 saturated carbocycles. The van der Waals surface area contributed by atoms with E-state index in [9.17, 15) is 14.7 Å². The van der Waals surface area contributed by atoms with Crippen LogP contribution in [0.3, 0.4) is 0 Å². The van der Waals surface area contributed by atoms with Crippen molar-refractivity contribution in [2.45, 2.75) is 26.3 Å². The van der Waals surface area contributed by atoms with Crippen molar-refractivity contribution in [3.05, 3.63) is 23.8 Å². The van der Waals surface area contributed by atoms with Crippen LogP contribution in [0.25, 0.3) is 0 Å². The number of ether oxygens (including phenoxy) is 3. The first-order valence-electron chi connectivity index (χ1n) is 8.14. The average molecular weight is 353 g/mol. The fourth-order valence-corrected chi connectivity index (χ4v) is 2.51. The molecule has 7 heteroatoms. The fourth-order valence-electron chi connectivity index (χ4n) is 2.51. The van der Waals surface area contributed by atoms with E-state index >= 15 is 0 Å². The predicted octanol–water partition coefficient (Wildman–Crippen LogP) is 1.73. The van der Waals surface area contributed by atoms with Crippen molar-refractivity contribution >= 4 is 11.9 Å². The molecule has 25 heavy (non-hydrogen) atoms. The number of rotatable bonds is 9. The van der Waals surface area contributed by atoms with Gasteiger partial charge < -0.3 is 24.2 Å². The van der Waals surface area contributed by atoms with Crippen LogP contribution >= 0.6 is 0 Å². The summed E-state index contributed by atoms with van der Waals surface area (Å²) in [4.78, 5) is 26.3. The van der Waals surface area contributed by atoms with E-state index in [1.54, 1.807) is 25.1 Å². The van der Waals surface area contributed by atoms with E-state index in [-0.39, 0.29) is 19.1 Å². The third-order valence-corrected chi connectivity index (χ3v) is 4.06. The van der Waals surface area contributed by atoms with Crippen molar-refractivity contribution in [1.29, 1.82) is 0 Å². The zero-order valence-corrected chi connectivity index (χ0v) is 15.4. The molecule has 1 rings (SSSR count). The minimum absolute atomic E-state index is 0.143. The van der Waals surface area contributed by atoms with Gasteiger partial charge in [0.2, 0.25) is 0 Å². The van der Waals surface area contributed by atoms with E-state index in [4.69, 9.17) is 14.2 Å². The molecule has 1 aromatic rings. The van der Waals surface area contributed by atoms with Crippen LogP contribution in [-0.2, 0) is 9.53 Å². The maximum absolute atomic E-state index is 13.0. The van der Waals surface area contributed by atoms with Crippen molar-refractivity contribution in [3.8, 4) is 11.5 Å². The summed E-state index contributed by atoms with van der Waals surface area (Å²) in [5.41, 5.74) is 0.361. The molecule has 0 aliphatic rings. The summed E-state index contributed by atoms with van der Waals surface area (Å²) in [5, 5.41) is 9.64. The maximum atomic E-state index is 13.0. The summed E-state index contributed by atoms with van der Waals surface area (Å²) in [7, 11) is 4.31. The van der Waals surface area contributed by atoms with Crippen LogP contribution in [0.4, 0.5) is 0 Å². The maximum Gasteiger partial charge on any atom is 0.310 e. The molecule has 2 unspecified atom stereocenters. The number of hydrogen-bond donors (Lipinski definition) is 1. The third kappa shape index (κ3) is 5.35. The van der Waals surface area contributed by atoms with Crippen LogP contribution in [0.15, 0.2) is 18.2 Å². The first-order valence-corrected chi connectivity index (χ1v) is 8.14. The van der Waals surface area contributed by atoms with Crippen LogP contribution < -0.4 is 9.47 Å². The van der Waals surface area contributed by atoms with Crippen molar-refractivity contribution in [2.75, 3.05) is 34.5 Å². The van der Waals surface area contributed by atoms with E-state index < -0.39 is 17.9 Å². The van der Waals surface area contributed by atoms with Gasteiger partial charge in [0.1, 0.15) is 11.5 Å². The lowest BCUT2D eigenvalue weighted by Gasteiger charge is -2.32. The van der Waals surface area contributed by atoms with Crippen LogP contribution in [0.5, 0.6) is 11.5 Å². The minimum Gasteiger partial charge on any atom is -0.497 e. The van der Waals surface area contributed by atoms with Gasteiger partial charge in [0.15, 0.2) is 0 Å². The quantitative estimate of drug-likeness (QED) is 0.681. The second-order valence-corrected chi connectivity index (χ2v) is 5.73. The summed E-state index contributed by atoms with van der Waals surface area (Å²) in [6.07, 6.45) is 0.553. The second-order valence-electron chi connectivity index (χ2n) is 5.73. The van der Waals surface area contributed by atoms with Gasteiger partial charge >= 0.3 is 5.97 Å². The topological polar surface area (TPSA) is 85.3 Å². The van der Waals surface area contributed by atoms with Crippen molar-refractivity contribution in [2.24, 2.45) is 5.92 Å². The van der Waals surface area contributed by atoms with Crippen molar-refractivity contribution in [3.63, 3.8) is 0 Å². The molecule has 0 radical (unpaired) electrons. The lowest BCUT2D eigenvalue weighted by molar-refractivity contribution is -0.145. The number of carbonyl (C=O) groups is 2. The van der Waals surface area contributed by atoms with Gasteiger partial charge in [-0.25, -0.2) is 0 Å². The number of amides is 1. The highest BCUT2D eigenvalue weighted by molar-refractivity contribution is 5.95. The zero-order chi connectivity index (χ0) is 19.0. The van der Waals surface area contributed by atoms with Gasteiger partial charge in [-0.15, -0.1) is 0 Å². The Hall–Kier alpha value is -2.28. The lowest BCUT2D eigenvalue weighted by Crippen LogP contribution is -2.45. The smallest absolute Gasteiger partial charge is 0.310 e. The molecule has 1 aromatic carbocycles. The molecule has 7 nitrogen and oxygen atoms in total. The number of esters is 1. The van der Waals surface area contributed by atoms with E-state index in [0.29, 0.717) is 23.5 Å². The van der Waals surface area contributed by atoms with Crippen molar-refractivity contribution < 1.29 is 28.9 Å². The number of aliphatic hydroxyl groups excluding tert-OH is 1. The monoisotopic (exact) mass is 353 g/mol. The molecule has 0 saturated heterocycles. The largest absolute Gasteiger partial charge is 0.497 e. The van der Waals surface area contributed by atoms with Crippen LogP contribution in [0.2, 0.25) is 0 Å². The number of carbonyl (C=O) groups excluding carboxylic acids is 2. The zero-order valence-electron chi connectivity index (χ0n) is 15.4. The number of hydrogen-bond acceptors (Lipinski definition) is 6. The van der Waals surface area contributed by atoms with E-state index in [1.165, 1.54) is 26.2 Å². The lowest BCUT2D eigenvalue weighted by atomic mass is 10.1. The Bertz CT molecular complexity index is 563. The summed E-state index contributed by atoms with van der Waals surface area (Å²) >= 11 is 0. The summed E-state index contributed by atoms with van der Waals surface area (Å²) < 4.78 is 15.1. The highest BCUT2D eigenvalue weighted by Gasteiger charge is 2.28. The van der Waals surface area contributed by atoms with Gasteiger partial charge in [-0.3, -0.25) is 9.59 Å². The van der Waals surface area contributed by atoms with Gasteiger partial charge in [0.25, 0.3) is 5.91 Å². The SMILES string of the molecule is CCC(CO)N(CC(C)C(=O)OC)C(=O)c1cc(OC)cc(OC)c1. The van der Waals surface area contributed by atoms with Gasteiger partial charge in [-0.1, -0.05) is 13.8 Å². The Labute approximate surface area is 148 Å². The Morgan fingerprint density at radius 1 is 1.12 bits per heavy atom. The summed E-state index contributed by atoms with van der Waals surface area (Å²) in [6, 6.07) is 4.47. The predicted molar refractivity (Wildman–Crippen MR) is 92.9 cm³/mol. The molecule has 0 bridgehead atoms. The molecular formula is C18H27NO6.